The lowest BCUT2D eigenvalue weighted by molar-refractivity contribution is -0.208. The zero-order chi connectivity index (χ0) is 10.2. The number of aliphatic hydroxyl groups excluding tert-OH is 1. The van der Waals surface area contributed by atoms with E-state index in [-0.39, 0.29) is 0 Å². The van der Waals surface area contributed by atoms with Gasteiger partial charge in [0.15, 0.2) is 0 Å². The highest BCUT2D eigenvalue weighted by Gasteiger charge is 2.53. The number of aliphatic hydroxyl groups is 3. The zero-order valence-corrected chi connectivity index (χ0v) is 7.27. The Labute approximate surface area is 70.3 Å². The van der Waals surface area contributed by atoms with Crippen LogP contribution in [0.1, 0.15) is 20.8 Å². The summed E-state index contributed by atoms with van der Waals surface area (Å²) in [6, 6.07) is 0. The maximum atomic E-state index is 10.5. The SMILES string of the molecule is C[C@H](O)[C@](O)(C(=O)O)C(C)(C)O. The maximum absolute atomic E-state index is 10.5. The van der Waals surface area contributed by atoms with Gasteiger partial charge in [-0.25, -0.2) is 4.79 Å². The van der Waals surface area contributed by atoms with Crippen LogP contribution in [0.4, 0.5) is 0 Å². The Balaban J connectivity index is 5.02. The summed E-state index contributed by atoms with van der Waals surface area (Å²) in [4.78, 5) is 10.5. The first-order valence-electron chi connectivity index (χ1n) is 3.50. The van der Waals surface area contributed by atoms with Gasteiger partial charge in [-0.05, 0) is 20.8 Å². The largest absolute Gasteiger partial charge is 0.479 e. The highest BCUT2D eigenvalue weighted by Crippen LogP contribution is 2.25. The third kappa shape index (κ3) is 1.57. The number of carboxylic acids is 1. The molecule has 0 radical (unpaired) electrons. The topological polar surface area (TPSA) is 98.0 Å². The van der Waals surface area contributed by atoms with Crippen LogP contribution in [0.2, 0.25) is 0 Å². The van der Waals surface area contributed by atoms with E-state index >= 15 is 0 Å². The van der Waals surface area contributed by atoms with E-state index in [1.165, 1.54) is 0 Å². The molecule has 0 heterocycles. The van der Waals surface area contributed by atoms with E-state index < -0.39 is 23.3 Å². The van der Waals surface area contributed by atoms with Crippen LogP contribution >= 0.6 is 0 Å². The Morgan fingerprint density at radius 2 is 1.67 bits per heavy atom. The molecule has 12 heavy (non-hydrogen) atoms. The molecule has 0 saturated carbocycles. The lowest BCUT2D eigenvalue weighted by Gasteiger charge is -2.36. The second kappa shape index (κ2) is 3.01. The first-order chi connectivity index (χ1) is 5.14. The third-order valence-corrected chi connectivity index (χ3v) is 1.86. The molecular formula is C7H14O5. The van der Waals surface area contributed by atoms with Crippen molar-refractivity contribution in [3.8, 4) is 0 Å². The predicted molar refractivity (Wildman–Crippen MR) is 40.6 cm³/mol. The maximum Gasteiger partial charge on any atom is 0.341 e. The minimum atomic E-state index is -2.53. The molecule has 5 heteroatoms. The highest BCUT2D eigenvalue weighted by atomic mass is 16.4. The first kappa shape index (κ1) is 11.4. The molecular weight excluding hydrogens is 164 g/mol. The number of hydrogen-bond donors (Lipinski definition) is 4. The number of aliphatic carboxylic acids is 1. The summed E-state index contributed by atoms with van der Waals surface area (Å²) in [6.45, 7) is 3.34. The fourth-order valence-electron chi connectivity index (χ4n) is 0.952. The molecule has 0 aliphatic heterocycles. The quantitative estimate of drug-likeness (QED) is 0.442. The molecule has 0 unspecified atom stereocenters. The van der Waals surface area contributed by atoms with Crippen molar-refractivity contribution in [3.05, 3.63) is 0 Å². The summed E-state index contributed by atoms with van der Waals surface area (Å²) < 4.78 is 0. The number of carbonyl (C=O) groups is 1. The van der Waals surface area contributed by atoms with Crippen molar-refractivity contribution in [2.75, 3.05) is 0 Å². The minimum Gasteiger partial charge on any atom is -0.479 e. The Morgan fingerprint density at radius 3 is 1.67 bits per heavy atom. The Hall–Kier alpha value is -0.650. The van der Waals surface area contributed by atoms with Crippen molar-refractivity contribution in [3.63, 3.8) is 0 Å². The molecule has 2 atom stereocenters. The van der Waals surface area contributed by atoms with Crippen molar-refractivity contribution in [1.29, 1.82) is 0 Å². The van der Waals surface area contributed by atoms with Gasteiger partial charge in [0.05, 0.1) is 6.10 Å². The van der Waals surface area contributed by atoms with Gasteiger partial charge in [0.25, 0.3) is 0 Å². The normalized spacial score (nSPS) is 19.8. The van der Waals surface area contributed by atoms with E-state index in [0.717, 1.165) is 20.8 Å². The smallest absolute Gasteiger partial charge is 0.341 e. The van der Waals surface area contributed by atoms with Crippen LogP contribution in [-0.4, -0.2) is 43.7 Å². The molecule has 0 rings (SSSR count). The molecule has 0 amide bonds. The monoisotopic (exact) mass is 178 g/mol. The molecule has 0 bridgehead atoms. The van der Waals surface area contributed by atoms with Crippen LogP contribution in [0.5, 0.6) is 0 Å². The van der Waals surface area contributed by atoms with Crippen LogP contribution in [0.3, 0.4) is 0 Å². The van der Waals surface area contributed by atoms with E-state index in [0.29, 0.717) is 0 Å². The predicted octanol–water partition coefficient (Wildman–Crippen LogP) is -1.05. The average molecular weight is 178 g/mol. The number of rotatable bonds is 3. The van der Waals surface area contributed by atoms with E-state index in [4.69, 9.17) is 10.2 Å². The second-order valence-corrected chi connectivity index (χ2v) is 3.31. The molecule has 0 aliphatic rings. The van der Waals surface area contributed by atoms with Crippen LogP contribution in [0.25, 0.3) is 0 Å². The molecule has 72 valence electrons. The molecule has 0 aliphatic carbocycles. The van der Waals surface area contributed by atoms with Crippen molar-refractivity contribution in [2.45, 2.75) is 38.1 Å². The number of carboxylic acid groups (broad SMARTS) is 1. The van der Waals surface area contributed by atoms with Gasteiger partial charge in [-0.1, -0.05) is 0 Å². The molecule has 0 aromatic rings. The molecule has 4 N–H and O–H groups in total. The van der Waals surface area contributed by atoms with Crippen molar-refractivity contribution in [1.82, 2.24) is 0 Å². The van der Waals surface area contributed by atoms with Gasteiger partial charge in [0.2, 0.25) is 5.60 Å². The summed E-state index contributed by atoms with van der Waals surface area (Å²) in [5.41, 5.74) is -4.43. The molecule has 0 aromatic carbocycles. The van der Waals surface area contributed by atoms with Gasteiger partial charge in [-0.3, -0.25) is 0 Å². The molecule has 0 saturated heterocycles. The third-order valence-electron chi connectivity index (χ3n) is 1.86. The molecule has 0 fully saturated rings. The summed E-state index contributed by atoms with van der Waals surface area (Å²) >= 11 is 0. The molecule has 0 aromatic heterocycles. The molecule has 0 spiro atoms. The van der Waals surface area contributed by atoms with Crippen LogP contribution in [0, 0.1) is 0 Å². The van der Waals surface area contributed by atoms with Gasteiger partial charge >= 0.3 is 5.97 Å². The minimum absolute atomic E-state index is 1.10. The zero-order valence-electron chi connectivity index (χ0n) is 7.27. The average Bonchev–Trinajstić information content (AvgIpc) is 1.82. The summed E-state index contributed by atoms with van der Waals surface area (Å²) in [5.74, 6) is -1.65. The second-order valence-electron chi connectivity index (χ2n) is 3.31. The van der Waals surface area contributed by atoms with Crippen LogP contribution in [-0.2, 0) is 4.79 Å². The standard InChI is InChI=1S/C7H14O5/c1-4(8)7(12,5(9)10)6(2,3)11/h4,8,11-12H,1-3H3,(H,9,10)/t4-,7-/m0/s1. The summed E-state index contributed by atoms with van der Waals surface area (Å²) in [7, 11) is 0. The fraction of sp³-hybridized carbons (Fsp3) is 0.857. The number of hydrogen-bond acceptors (Lipinski definition) is 4. The Kier molecular flexibility index (Phi) is 2.84. The van der Waals surface area contributed by atoms with Crippen LogP contribution in [0.15, 0.2) is 0 Å². The van der Waals surface area contributed by atoms with Gasteiger partial charge in [0, 0.05) is 0 Å². The van der Waals surface area contributed by atoms with Crippen molar-refractivity contribution < 1.29 is 25.2 Å². The fourth-order valence-corrected chi connectivity index (χ4v) is 0.952. The van der Waals surface area contributed by atoms with E-state index in [1.54, 1.807) is 0 Å². The first-order valence-corrected chi connectivity index (χ1v) is 3.50. The van der Waals surface area contributed by atoms with E-state index in [9.17, 15) is 15.0 Å². The summed E-state index contributed by atoms with van der Waals surface area (Å²) in [5, 5.41) is 36.2. The van der Waals surface area contributed by atoms with E-state index in [2.05, 4.69) is 0 Å². The Morgan fingerprint density at radius 1 is 1.33 bits per heavy atom. The van der Waals surface area contributed by atoms with Crippen LogP contribution < -0.4 is 0 Å². The van der Waals surface area contributed by atoms with Crippen molar-refractivity contribution >= 4 is 5.97 Å². The lowest BCUT2D eigenvalue weighted by Crippen LogP contribution is -2.62. The lowest BCUT2D eigenvalue weighted by atomic mass is 9.82. The Bertz CT molecular complexity index is 181. The van der Waals surface area contributed by atoms with Gasteiger partial charge in [-0.15, -0.1) is 0 Å². The molecule has 5 nitrogen and oxygen atoms in total. The van der Waals surface area contributed by atoms with Gasteiger partial charge < -0.3 is 20.4 Å². The van der Waals surface area contributed by atoms with Crippen molar-refractivity contribution in [2.24, 2.45) is 0 Å². The van der Waals surface area contributed by atoms with E-state index in [1.807, 2.05) is 0 Å². The van der Waals surface area contributed by atoms with Gasteiger partial charge in [-0.2, -0.15) is 0 Å². The van der Waals surface area contributed by atoms with Gasteiger partial charge in [0.1, 0.15) is 5.60 Å². The summed E-state index contributed by atoms with van der Waals surface area (Å²) in [6.07, 6.45) is -1.55. The highest BCUT2D eigenvalue weighted by molar-refractivity contribution is 5.79.